The number of hydrogen-bond acceptors (Lipinski definition) is 3. The fourth-order valence-corrected chi connectivity index (χ4v) is 4.66. The number of alkyl halides is 3. The first-order chi connectivity index (χ1) is 17.3. The molecule has 8 heteroatoms. The molecule has 37 heavy (non-hydrogen) atoms. The SMILES string of the molecule is COC(=O)C1=C(C)N(c2cccc(C(F)(F)F)c2)C(=O)/C1=C\c1cc(C)n(-c2ccc(C)c(C)c2)c1C. The zero-order valence-electron chi connectivity index (χ0n) is 21.4. The Hall–Kier alpha value is -4.07. The molecular weight excluding hydrogens is 481 g/mol. The molecule has 1 aromatic heterocycles. The average Bonchev–Trinajstić information content (AvgIpc) is 3.26. The summed E-state index contributed by atoms with van der Waals surface area (Å²) in [5.74, 6) is -1.34. The van der Waals surface area contributed by atoms with E-state index < -0.39 is 23.6 Å². The molecule has 0 saturated carbocycles. The van der Waals surface area contributed by atoms with Gasteiger partial charge >= 0.3 is 12.1 Å². The van der Waals surface area contributed by atoms with Crippen LogP contribution in [0.5, 0.6) is 0 Å². The summed E-state index contributed by atoms with van der Waals surface area (Å²) < 4.78 is 47.0. The van der Waals surface area contributed by atoms with Crippen LogP contribution >= 0.6 is 0 Å². The van der Waals surface area contributed by atoms with E-state index in [9.17, 15) is 22.8 Å². The van der Waals surface area contributed by atoms with Crippen LogP contribution in [-0.4, -0.2) is 23.6 Å². The summed E-state index contributed by atoms with van der Waals surface area (Å²) in [6.45, 7) is 9.44. The zero-order valence-corrected chi connectivity index (χ0v) is 21.4. The van der Waals surface area contributed by atoms with Crippen LogP contribution in [0.4, 0.5) is 18.9 Å². The number of anilines is 1. The van der Waals surface area contributed by atoms with Gasteiger partial charge in [-0.1, -0.05) is 12.1 Å². The lowest BCUT2D eigenvalue weighted by atomic mass is 10.0. The number of hydrogen-bond donors (Lipinski definition) is 0. The minimum absolute atomic E-state index is 0.0147. The molecule has 1 aliphatic rings. The summed E-state index contributed by atoms with van der Waals surface area (Å²) in [6, 6.07) is 12.5. The molecule has 0 bridgehead atoms. The van der Waals surface area contributed by atoms with Gasteiger partial charge in [-0.2, -0.15) is 13.2 Å². The normalized spacial score (nSPS) is 15.2. The monoisotopic (exact) mass is 508 g/mol. The molecule has 4 rings (SSSR count). The smallest absolute Gasteiger partial charge is 0.416 e. The van der Waals surface area contributed by atoms with E-state index in [4.69, 9.17) is 4.74 Å². The van der Waals surface area contributed by atoms with E-state index >= 15 is 0 Å². The highest BCUT2D eigenvalue weighted by Crippen LogP contribution is 2.38. The summed E-state index contributed by atoms with van der Waals surface area (Å²) in [4.78, 5) is 27.4. The molecule has 3 aromatic rings. The molecule has 0 spiro atoms. The molecule has 0 saturated heterocycles. The van der Waals surface area contributed by atoms with Crippen LogP contribution < -0.4 is 4.90 Å². The maximum atomic E-state index is 13.6. The van der Waals surface area contributed by atoms with Gasteiger partial charge in [-0.05, 0) is 93.8 Å². The molecule has 0 N–H and O–H groups in total. The Labute approximate surface area is 213 Å². The van der Waals surface area contributed by atoms with E-state index in [1.54, 1.807) is 6.08 Å². The molecule has 1 amide bonds. The standard InChI is InChI=1S/C29H27F3N2O3/c1-16-10-11-24(12-17(16)2)33-18(3)13-21(19(33)4)14-25-26(28(36)37-6)20(5)34(27(25)35)23-9-7-8-22(15-23)29(30,31)32/h7-15H,1-6H3/b25-14-. The molecule has 2 heterocycles. The predicted octanol–water partition coefficient (Wildman–Crippen LogP) is 6.61. The number of aromatic nitrogens is 1. The van der Waals surface area contributed by atoms with Crippen molar-refractivity contribution in [3.8, 4) is 5.69 Å². The number of esters is 1. The topological polar surface area (TPSA) is 51.5 Å². The molecule has 1 aliphatic heterocycles. The number of amides is 1. The number of halogens is 3. The van der Waals surface area contributed by atoms with E-state index in [0.29, 0.717) is 5.56 Å². The minimum atomic E-state index is -4.58. The first kappa shape index (κ1) is 26.0. The number of rotatable bonds is 4. The average molecular weight is 509 g/mol. The van der Waals surface area contributed by atoms with Crippen LogP contribution in [0.25, 0.3) is 11.8 Å². The highest BCUT2D eigenvalue weighted by atomic mass is 19.4. The number of allylic oxidation sites excluding steroid dienone is 1. The van der Waals surface area contributed by atoms with Crippen LogP contribution in [0.2, 0.25) is 0 Å². The van der Waals surface area contributed by atoms with Crippen molar-refractivity contribution < 1.29 is 27.5 Å². The highest BCUT2D eigenvalue weighted by Gasteiger charge is 2.39. The minimum Gasteiger partial charge on any atom is -0.465 e. The maximum absolute atomic E-state index is 13.6. The van der Waals surface area contributed by atoms with Gasteiger partial charge in [0.25, 0.3) is 5.91 Å². The van der Waals surface area contributed by atoms with Gasteiger partial charge in [0.05, 0.1) is 23.8 Å². The number of methoxy groups -OCH3 is 1. The summed E-state index contributed by atoms with van der Waals surface area (Å²) in [5, 5.41) is 0. The second kappa shape index (κ2) is 9.42. The van der Waals surface area contributed by atoms with Crippen LogP contribution in [0.3, 0.4) is 0 Å². The molecule has 0 radical (unpaired) electrons. The lowest BCUT2D eigenvalue weighted by Crippen LogP contribution is -2.25. The van der Waals surface area contributed by atoms with Gasteiger partial charge in [0, 0.05) is 28.5 Å². The molecular formula is C29H27F3N2O3. The van der Waals surface area contributed by atoms with Gasteiger partial charge in [0.1, 0.15) is 0 Å². The van der Waals surface area contributed by atoms with Crippen LogP contribution in [0.1, 0.15) is 40.6 Å². The summed E-state index contributed by atoms with van der Waals surface area (Å²) in [5.41, 5.74) is 5.15. The Morgan fingerprint density at radius 3 is 2.24 bits per heavy atom. The van der Waals surface area contributed by atoms with Gasteiger partial charge in [0.2, 0.25) is 0 Å². The Morgan fingerprint density at radius 1 is 0.919 bits per heavy atom. The number of carbonyl (C=O) groups is 2. The van der Waals surface area contributed by atoms with Crippen molar-refractivity contribution in [3.05, 3.63) is 99.0 Å². The summed E-state index contributed by atoms with van der Waals surface area (Å²) in [7, 11) is 1.20. The largest absolute Gasteiger partial charge is 0.465 e. The van der Waals surface area contributed by atoms with E-state index in [1.807, 2.05) is 45.9 Å². The third-order valence-electron chi connectivity index (χ3n) is 6.74. The lowest BCUT2D eigenvalue weighted by molar-refractivity contribution is -0.137. The number of nitrogens with zero attached hydrogens (tertiary/aromatic N) is 2. The first-order valence-corrected chi connectivity index (χ1v) is 11.6. The number of aryl methyl sites for hydroxylation is 3. The Kier molecular flexibility index (Phi) is 6.62. The molecule has 0 unspecified atom stereocenters. The van der Waals surface area contributed by atoms with E-state index in [2.05, 4.69) is 10.6 Å². The molecule has 0 atom stereocenters. The predicted molar refractivity (Wildman–Crippen MR) is 136 cm³/mol. The fraction of sp³-hybridized carbons (Fsp3) is 0.241. The van der Waals surface area contributed by atoms with Gasteiger partial charge in [0.15, 0.2) is 0 Å². The Bertz CT molecular complexity index is 1490. The molecule has 2 aromatic carbocycles. The molecule has 0 fully saturated rings. The van der Waals surface area contributed by atoms with Crippen LogP contribution in [0.15, 0.2) is 65.4 Å². The first-order valence-electron chi connectivity index (χ1n) is 11.6. The second-order valence-electron chi connectivity index (χ2n) is 9.13. The van der Waals surface area contributed by atoms with E-state index in [1.165, 1.54) is 31.7 Å². The third-order valence-corrected chi connectivity index (χ3v) is 6.74. The van der Waals surface area contributed by atoms with Gasteiger partial charge in [-0.25, -0.2) is 4.79 Å². The molecule has 0 aliphatic carbocycles. The van der Waals surface area contributed by atoms with Crippen LogP contribution in [-0.2, 0) is 20.5 Å². The lowest BCUT2D eigenvalue weighted by Gasteiger charge is -2.19. The van der Waals surface area contributed by atoms with Crippen molar-refractivity contribution in [2.24, 2.45) is 0 Å². The summed E-state index contributed by atoms with van der Waals surface area (Å²) in [6.07, 6.45) is -2.97. The molecule has 5 nitrogen and oxygen atoms in total. The van der Waals surface area contributed by atoms with E-state index in [0.717, 1.165) is 39.7 Å². The van der Waals surface area contributed by atoms with Crippen molar-refractivity contribution in [1.29, 1.82) is 0 Å². The van der Waals surface area contributed by atoms with Crippen LogP contribution in [0, 0.1) is 27.7 Å². The third kappa shape index (κ3) is 4.59. The van der Waals surface area contributed by atoms with E-state index in [-0.39, 0.29) is 22.5 Å². The summed E-state index contributed by atoms with van der Waals surface area (Å²) >= 11 is 0. The zero-order chi connectivity index (χ0) is 27.2. The van der Waals surface area contributed by atoms with Crippen molar-refractivity contribution in [2.75, 3.05) is 12.0 Å². The maximum Gasteiger partial charge on any atom is 0.416 e. The number of carbonyl (C=O) groups excluding carboxylic acids is 2. The van der Waals surface area contributed by atoms with Crippen molar-refractivity contribution in [2.45, 2.75) is 40.8 Å². The Morgan fingerprint density at radius 2 is 1.62 bits per heavy atom. The van der Waals surface area contributed by atoms with Gasteiger partial charge in [-0.15, -0.1) is 0 Å². The molecule has 192 valence electrons. The van der Waals surface area contributed by atoms with Gasteiger partial charge < -0.3 is 9.30 Å². The van der Waals surface area contributed by atoms with Crippen molar-refractivity contribution in [3.63, 3.8) is 0 Å². The van der Waals surface area contributed by atoms with Crippen molar-refractivity contribution >= 4 is 23.6 Å². The quantitative estimate of drug-likeness (QED) is 0.295. The fourth-order valence-electron chi connectivity index (χ4n) is 4.66. The van der Waals surface area contributed by atoms with Crippen molar-refractivity contribution in [1.82, 2.24) is 4.57 Å². The second-order valence-corrected chi connectivity index (χ2v) is 9.13. The number of ether oxygens (including phenoxy) is 1. The Balaban J connectivity index is 1.85. The number of benzene rings is 2. The highest BCUT2D eigenvalue weighted by molar-refractivity contribution is 6.23. The van der Waals surface area contributed by atoms with Gasteiger partial charge in [-0.3, -0.25) is 9.69 Å².